The largest absolute Gasteiger partial charge is 0.307 e. The second-order valence-electron chi connectivity index (χ2n) is 5.18. The minimum Gasteiger partial charge on any atom is -0.307 e. The van der Waals surface area contributed by atoms with Gasteiger partial charge in [-0.05, 0) is 40.0 Å². The van der Waals surface area contributed by atoms with E-state index < -0.39 is 0 Å². The molecule has 1 rings (SSSR count). The molecule has 0 bridgehead atoms. The second-order valence-corrected chi connectivity index (χ2v) is 6.35. The zero-order chi connectivity index (χ0) is 12.2. The molecule has 0 saturated carbocycles. The third-order valence-electron chi connectivity index (χ3n) is 2.40. The van der Waals surface area contributed by atoms with E-state index in [1.807, 2.05) is 11.3 Å². The van der Waals surface area contributed by atoms with E-state index in [2.05, 4.69) is 39.9 Å². The Hall–Kier alpha value is -0.410. The van der Waals surface area contributed by atoms with Gasteiger partial charge in [0.15, 0.2) is 0 Å². The Morgan fingerprint density at radius 1 is 1.25 bits per heavy atom. The van der Waals surface area contributed by atoms with Crippen LogP contribution in [0.15, 0.2) is 0 Å². The molecule has 1 heterocycles. The molecule has 92 valence electrons. The van der Waals surface area contributed by atoms with E-state index in [0.717, 1.165) is 19.4 Å². The van der Waals surface area contributed by atoms with Crippen molar-refractivity contribution in [3.05, 3.63) is 15.6 Å². The highest BCUT2D eigenvalue weighted by molar-refractivity contribution is 7.11. The minimum atomic E-state index is 0.180. The van der Waals surface area contributed by atoms with E-state index in [-0.39, 0.29) is 5.54 Å². The first kappa shape index (κ1) is 13.7. The highest BCUT2D eigenvalue weighted by Crippen LogP contribution is 2.21. The van der Waals surface area contributed by atoms with Gasteiger partial charge in [0, 0.05) is 17.0 Å². The number of nitrogens with one attached hydrogen (secondary N) is 1. The predicted octanol–water partition coefficient (Wildman–Crippen LogP) is 3.55. The SMILES string of the molecule is CCCc1nc(CC)c(CNC(C)(C)C)s1. The van der Waals surface area contributed by atoms with Crippen molar-refractivity contribution in [1.82, 2.24) is 10.3 Å². The molecule has 2 nitrogen and oxygen atoms in total. The van der Waals surface area contributed by atoms with E-state index in [1.54, 1.807) is 0 Å². The van der Waals surface area contributed by atoms with Gasteiger partial charge in [0.2, 0.25) is 0 Å². The number of aryl methyl sites for hydroxylation is 2. The molecule has 0 radical (unpaired) electrons. The summed E-state index contributed by atoms with van der Waals surface area (Å²) < 4.78 is 0. The quantitative estimate of drug-likeness (QED) is 0.851. The van der Waals surface area contributed by atoms with Crippen molar-refractivity contribution in [2.45, 2.75) is 66.0 Å². The molecule has 1 aromatic heterocycles. The van der Waals surface area contributed by atoms with E-state index in [9.17, 15) is 0 Å². The Morgan fingerprint density at radius 2 is 1.94 bits per heavy atom. The lowest BCUT2D eigenvalue weighted by molar-refractivity contribution is 0.425. The van der Waals surface area contributed by atoms with Crippen LogP contribution in [0.1, 0.15) is 56.6 Å². The zero-order valence-corrected chi connectivity index (χ0v) is 12.0. The van der Waals surface area contributed by atoms with Gasteiger partial charge in [-0.15, -0.1) is 11.3 Å². The van der Waals surface area contributed by atoms with Crippen molar-refractivity contribution in [3.63, 3.8) is 0 Å². The Labute approximate surface area is 103 Å². The summed E-state index contributed by atoms with van der Waals surface area (Å²) in [6.45, 7) is 11.9. The van der Waals surface area contributed by atoms with Crippen LogP contribution in [0.2, 0.25) is 0 Å². The maximum Gasteiger partial charge on any atom is 0.0931 e. The van der Waals surface area contributed by atoms with E-state index in [0.29, 0.717) is 0 Å². The van der Waals surface area contributed by atoms with Gasteiger partial charge in [-0.3, -0.25) is 0 Å². The molecule has 0 atom stereocenters. The topological polar surface area (TPSA) is 24.9 Å². The van der Waals surface area contributed by atoms with Gasteiger partial charge >= 0.3 is 0 Å². The van der Waals surface area contributed by atoms with Gasteiger partial charge in [-0.1, -0.05) is 13.8 Å². The van der Waals surface area contributed by atoms with E-state index in [4.69, 9.17) is 4.98 Å². The minimum absolute atomic E-state index is 0.180. The number of hydrogen-bond acceptors (Lipinski definition) is 3. The van der Waals surface area contributed by atoms with Crippen molar-refractivity contribution in [2.75, 3.05) is 0 Å². The summed E-state index contributed by atoms with van der Waals surface area (Å²) >= 11 is 1.88. The normalized spacial score (nSPS) is 12.1. The molecule has 0 unspecified atom stereocenters. The monoisotopic (exact) mass is 240 g/mol. The average Bonchev–Trinajstić information content (AvgIpc) is 2.57. The summed E-state index contributed by atoms with van der Waals surface area (Å²) in [6, 6.07) is 0. The van der Waals surface area contributed by atoms with Crippen LogP contribution in [0.4, 0.5) is 0 Å². The van der Waals surface area contributed by atoms with Crippen molar-refractivity contribution >= 4 is 11.3 Å². The first-order valence-electron chi connectivity index (χ1n) is 6.18. The third kappa shape index (κ3) is 4.22. The average molecular weight is 240 g/mol. The van der Waals surface area contributed by atoms with Crippen LogP contribution in [0.5, 0.6) is 0 Å². The molecule has 3 heteroatoms. The summed E-state index contributed by atoms with van der Waals surface area (Å²) in [5.74, 6) is 0. The Bertz CT molecular complexity index is 323. The maximum absolute atomic E-state index is 4.70. The lowest BCUT2D eigenvalue weighted by atomic mass is 10.1. The molecule has 0 aliphatic rings. The van der Waals surface area contributed by atoms with Crippen LogP contribution in [-0.4, -0.2) is 10.5 Å². The standard InChI is InChI=1S/C13H24N2S/c1-6-8-12-15-10(7-2)11(16-12)9-14-13(3,4)5/h14H,6-9H2,1-5H3. The fourth-order valence-electron chi connectivity index (χ4n) is 1.52. The molecule has 1 aromatic rings. The number of rotatable bonds is 5. The molecule has 16 heavy (non-hydrogen) atoms. The molecule has 1 N–H and O–H groups in total. The molecule has 0 saturated heterocycles. The summed E-state index contributed by atoms with van der Waals surface area (Å²) in [6.07, 6.45) is 3.34. The van der Waals surface area contributed by atoms with Gasteiger partial charge in [0.25, 0.3) is 0 Å². The fraction of sp³-hybridized carbons (Fsp3) is 0.769. The van der Waals surface area contributed by atoms with E-state index in [1.165, 1.54) is 22.0 Å². The number of nitrogens with zero attached hydrogens (tertiary/aromatic N) is 1. The summed E-state index contributed by atoms with van der Waals surface area (Å²) in [5.41, 5.74) is 1.46. The molecule has 0 aliphatic heterocycles. The summed E-state index contributed by atoms with van der Waals surface area (Å²) in [5, 5.41) is 4.84. The van der Waals surface area contributed by atoms with Crippen LogP contribution in [0.25, 0.3) is 0 Å². The maximum atomic E-state index is 4.70. The molecule has 0 aromatic carbocycles. The van der Waals surface area contributed by atoms with E-state index >= 15 is 0 Å². The van der Waals surface area contributed by atoms with Crippen molar-refractivity contribution < 1.29 is 0 Å². The van der Waals surface area contributed by atoms with Crippen LogP contribution in [-0.2, 0) is 19.4 Å². The smallest absolute Gasteiger partial charge is 0.0931 e. The second kappa shape index (κ2) is 5.78. The van der Waals surface area contributed by atoms with Crippen LogP contribution in [0.3, 0.4) is 0 Å². The molecule has 0 spiro atoms. The van der Waals surface area contributed by atoms with Gasteiger partial charge in [0.1, 0.15) is 0 Å². The van der Waals surface area contributed by atoms with Gasteiger partial charge in [-0.25, -0.2) is 4.98 Å². The van der Waals surface area contributed by atoms with Crippen LogP contribution < -0.4 is 5.32 Å². The van der Waals surface area contributed by atoms with Crippen LogP contribution >= 0.6 is 11.3 Å². The predicted molar refractivity (Wildman–Crippen MR) is 72.1 cm³/mol. The highest BCUT2D eigenvalue weighted by Gasteiger charge is 2.13. The van der Waals surface area contributed by atoms with Crippen molar-refractivity contribution in [3.8, 4) is 0 Å². The molecule has 0 fully saturated rings. The Balaban J connectivity index is 2.70. The first-order chi connectivity index (χ1) is 7.46. The molecular formula is C13H24N2S. The third-order valence-corrected chi connectivity index (χ3v) is 3.56. The molecule has 0 aliphatic carbocycles. The lowest BCUT2D eigenvalue weighted by Gasteiger charge is -2.20. The number of hydrogen-bond donors (Lipinski definition) is 1. The van der Waals surface area contributed by atoms with Gasteiger partial charge in [-0.2, -0.15) is 0 Å². The zero-order valence-electron chi connectivity index (χ0n) is 11.2. The van der Waals surface area contributed by atoms with Gasteiger partial charge < -0.3 is 5.32 Å². The molecule has 0 amide bonds. The Kier molecular flexibility index (Phi) is 4.93. The number of thiazole rings is 1. The van der Waals surface area contributed by atoms with Crippen LogP contribution in [0, 0.1) is 0 Å². The highest BCUT2D eigenvalue weighted by atomic mass is 32.1. The van der Waals surface area contributed by atoms with Gasteiger partial charge in [0.05, 0.1) is 10.7 Å². The summed E-state index contributed by atoms with van der Waals surface area (Å²) in [7, 11) is 0. The van der Waals surface area contributed by atoms with Crippen molar-refractivity contribution in [1.29, 1.82) is 0 Å². The lowest BCUT2D eigenvalue weighted by Crippen LogP contribution is -2.35. The fourth-order valence-corrected chi connectivity index (χ4v) is 2.72. The first-order valence-corrected chi connectivity index (χ1v) is 7.00. The van der Waals surface area contributed by atoms with Crippen molar-refractivity contribution in [2.24, 2.45) is 0 Å². The molecular weight excluding hydrogens is 216 g/mol. The Morgan fingerprint density at radius 3 is 2.44 bits per heavy atom. The summed E-state index contributed by atoms with van der Waals surface area (Å²) in [4.78, 5) is 6.12. The number of aromatic nitrogens is 1.